The van der Waals surface area contributed by atoms with Crippen LogP contribution in [0.25, 0.3) is 11.1 Å². The van der Waals surface area contributed by atoms with Crippen molar-refractivity contribution in [1.82, 2.24) is 0 Å². The summed E-state index contributed by atoms with van der Waals surface area (Å²) in [7, 11) is 0. The predicted octanol–water partition coefficient (Wildman–Crippen LogP) is 3.46. The quantitative estimate of drug-likeness (QED) is 0.578. The number of halogens is 1. The van der Waals surface area contributed by atoms with Crippen LogP contribution in [0.1, 0.15) is 0 Å². The summed E-state index contributed by atoms with van der Waals surface area (Å²) in [5.74, 6) is -0.471. The highest BCUT2D eigenvalue weighted by Gasteiger charge is 2.15. The van der Waals surface area contributed by atoms with Gasteiger partial charge >= 0.3 is 0 Å². The molecule has 2 aromatic rings. The first kappa shape index (κ1) is 9.79. The van der Waals surface area contributed by atoms with Crippen LogP contribution in [0.5, 0.6) is 0 Å². The zero-order valence-electron chi connectivity index (χ0n) is 7.51. The molecule has 0 aliphatic heterocycles. The number of nitro groups is 1. The molecule has 0 aliphatic rings. The Hall–Kier alpha value is -1.75. The molecule has 0 amide bonds. The van der Waals surface area contributed by atoms with E-state index in [1.807, 2.05) is 0 Å². The van der Waals surface area contributed by atoms with Crippen LogP contribution in [0.2, 0.25) is 0 Å². The molecule has 0 atom stereocenters. The van der Waals surface area contributed by atoms with Crippen molar-refractivity contribution in [3.05, 3.63) is 51.0 Å². The van der Waals surface area contributed by atoms with Crippen LogP contribution in [0, 0.1) is 15.9 Å². The third-order valence-electron chi connectivity index (χ3n) is 1.99. The minimum atomic E-state index is -0.507. The Balaban J connectivity index is 2.63. The smallest absolute Gasteiger partial charge is 0.258 e. The van der Waals surface area contributed by atoms with E-state index in [-0.39, 0.29) is 5.69 Å². The number of thiophene rings is 1. The molecule has 76 valence electrons. The van der Waals surface area contributed by atoms with E-state index in [9.17, 15) is 14.5 Å². The first-order valence-corrected chi connectivity index (χ1v) is 5.09. The molecule has 0 bridgehead atoms. The van der Waals surface area contributed by atoms with Gasteiger partial charge in [0.1, 0.15) is 5.82 Å². The van der Waals surface area contributed by atoms with Gasteiger partial charge in [-0.3, -0.25) is 10.1 Å². The molecule has 2 rings (SSSR count). The van der Waals surface area contributed by atoms with Crippen molar-refractivity contribution in [2.75, 3.05) is 0 Å². The van der Waals surface area contributed by atoms with Crippen LogP contribution in [0.15, 0.2) is 35.0 Å². The molecule has 0 N–H and O–H groups in total. The van der Waals surface area contributed by atoms with Crippen molar-refractivity contribution in [3.8, 4) is 11.1 Å². The molecule has 15 heavy (non-hydrogen) atoms. The first-order valence-electron chi connectivity index (χ1n) is 4.15. The molecule has 0 aliphatic carbocycles. The van der Waals surface area contributed by atoms with Crippen LogP contribution in [0.3, 0.4) is 0 Å². The van der Waals surface area contributed by atoms with E-state index in [4.69, 9.17) is 0 Å². The Morgan fingerprint density at radius 2 is 2.13 bits per heavy atom. The number of benzene rings is 1. The van der Waals surface area contributed by atoms with E-state index >= 15 is 0 Å². The average Bonchev–Trinajstić information content (AvgIpc) is 2.69. The van der Waals surface area contributed by atoms with Gasteiger partial charge in [-0.2, -0.15) is 11.3 Å². The molecule has 1 aromatic carbocycles. The maximum Gasteiger partial charge on any atom is 0.277 e. The number of hydrogen-bond acceptors (Lipinski definition) is 3. The van der Waals surface area contributed by atoms with E-state index < -0.39 is 10.7 Å². The predicted molar refractivity (Wildman–Crippen MR) is 56.4 cm³/mol. The van der Waals surface area contributed by atoms with Gasteiger partial charge in [0.2, 0.25) is 0 Å². The minimum absolute atomic E-state index is 0.0743. The summed E-state index contributed by atoms with van der Waals surface area (Å²) < 4.78 is 13.0. The summed E-state index contributed by atoms with van der Waals surface area (Å²) in [5, 5.41) is 14.3. The molecular formula is C10H6FNO2S. The van der Waals surface area contributed by atoms with Crippen molar-refractivity contribution in [1.29, 1.82) is 0 Å². The Bertz CT molecular complexity index is 496. The lowest BCUT2D eigenvalue weighted by molar-refractivity contribution is -0.384. The van der Waals surface area contributed by atoms with Gasteiger partial charge in [0, 0.05) is 6.07 Å². The lowest BCUT2D eigenvalue weighted by Gasteiger charge is -2.00. The maximum atomic E-state index is 13.0. The van der Waals surface area contributed by atoms with Gasteiger partial charge in [0.25, 0.3) is 5.69 Å². The van der Waals surface area contributed by atoms with Crippen molar-refractivity contribution in [2.45, 2.75) is 0 Å². The fourth-order valence-corrected chi connectivity index (χ4v) is 1.97. The monoisotopic (exact) mass is 223 g/mol. The Labute approximate surface area is 88.9 Å². The van der Waals surface area contributed by atoms with Crippen molar-refractivity contribution < 1.29 is 9.31 Å². The lowest BCUT2D eigenvalue weighted by atomic mass is 10.1. The van der Waals surface area contributed by atoms with Gasteiger partial charge < -0.3 is 0 Å². The molecule has 0 spiro atoms. The largest absolute Gasteiger partial charge is 0.277 e. The van der Waals surface area contributed by atoms with Gasteiger partial charge in [0.15, 0.2) is 0 Å². The van der Waals surface area contributed by atoms with Gasteiger partial charge in [0.05, 0.1) is 10.5 Å². The summed E-state index contributed by atoms with van der Waals surface area (Å²) in [4.78, 5) is 10.2. The summed E-state index contributed by atoms with van der Waals surface area (Å²) >= 11 is 1.42. The second-order valence-corrected chi connectivity index (χ2v) is 3.71. The Kier molecular flexibility index (Phi) is 2.47. The third kappa shape index (κ3) is 1.87. The number of rotatable bonds is 2. The minimum Gasteiger partial charge on any atom is -0.258 e. The molecule has 0 unspecified atom stereocenters. The maximum absolute atomic E-state index is 13.0. The summed E-state index contributed by atoms with van der Waals surface area (Å²) in [6.07, 6.45) is 0. The molecule has 0 fully saturated rings. The highest BCUT2D eigenvalue weighted by molar-refractivity contribution is 7.08. The first-order chi connectivity index (χ1) is 7.18. The van der Waals surface area contributed by atoms with E-state index in [1.54, 1.807) is 16.8 Å². The van der Waals surface area contributed by atoms with Crippen LogP contribution in [-0.4, -0.2) is 4.92 Å². The number of nitrogens with zero attached hydrogens (tertiary/aromatic N) is 1. The Morgan fingerprint density at radius 3 is 2.73 bits per heavy atom. The Morgan fingerprint density at radius 1 is 1.33 bits per heavy atom. The molecule has 3 nitrogen and oxygen atoms in total. The van der Waals surface area contributed by atoms with Crippen molar-refractivity contribution >= 4 is 17.0 Å². The SMILES string of the molecule is O=[N+]([O-])c1ccc(F)cc1-c1ccsc1. The standard InChI is InChI=1S/C10H6FNO2S/c11-8-1-2-10(12(13)14)9(5-8)7-3-4-15-6-7/h1-6H. The zero-order valence-corrected chi connectivity index (χ0v) is 8.33. The third-order valence-corrected chi connectivity index (χ3v) is 2.67. The normalized spacial score (nSPS) is 10.2. The molecular weight excluding hydrogens is 217 g/mol. The van der Waals surface area contributed by atoms with E-state index in [0.29, 0.717) is 11.1 Å². The van der Waals surface area contributed by atoms with E-state index in [2.05, 4.69) is 0 Å². The molecule has 0 radical (unpaired) electrons. The highest BCUT2D eigenvalue weighted by Crippen LogP contribution is 2.31. The van der Waals surface area contributed by atoms with Crippen molar-refractivity contribution in [2.24, 2.45) is 0 Å². The second-order valence-electron chi connectivity index (χ2n) is 2.93. The molecule has 5 heteroatoms. The summed E-state index contributed by atoms with van der Waals surface area (Å²) in [6.45, 7) is 0. The van der Waals surface area contributed by atoms with Gasteiger partial charge in [-0.15, -0.1) is 0 Å². The summed E-state index contributed by atoms with van der Waals surface area (Å²) in [6, 6.07) is 5.18. The highest BCUT2D eigenvalue weighted by atomic mass is 32.1. The average molecular weight is 223 g/mol. The van der Waals surface area contributed by atoms with Crippen LogP contribution in [0.4, 0.5) is 10.1 Å². The fourth-order valence-electron chi connectivity index (χ4n) is 1.32. The topological polar surface area (TPSA) is 43.1 Å². The fraction of sp³-hybridized carbons (Fsp3) is 0. The van der Waals surface area contributed by atoms with E-state index in [1.165, 1.54) is 23.5 Å². The summed E-state index contributed by atoms with van der Waals surface area (Å²) in [5.41, 5.74) is 0.919. The van der Waals surface area contributed by atoms with E-state index in [0.717, 1.165) is 6.07 Å². The van der Waals surface area contributed by atoms with Crippen LogP contribution in [-0.2, 0) is 0 Å². The van der Waals surface area contributed by atoms with Gasteiger partial charge in [-0.25, -0.2) is 4.39 Å². The van der Waals surface area contributed by atoms with Crippen LogP contribution < -0.4 is 0 Å². The zero-order chi connectivity index (χ0) is 10.8. The molecule has 0 saturated carbocycles. The second kappa shape index (κ2) is 3.78. The number of hydrogen-bond donors (Lipinski definition) is 0. The number of nitro benzene ring substituents is 1. The molecule has 0 saturated heterocycles. The van der Waals surface area contributed by atoms with Crippen molar-refractivity contribution in [3.63, 3.8) is 0 Å². The van der Waals surface area contributed by atoms with Gasteiger partial charge in [-0.1, -0.05) is 0 Å². The van der Waals surface area contributed by atoms with Crippen LogP contribution >= 0.6 is 11.3 Å². The lowest BCUT2D eigenvalue weighted by Crippen LogP contribution is -1.91. The molecule has 1 heterocycles. The van der Waals surface area contributed by atoms with Gasteiger partial charge in [-0.05, 0) is 34.5 Å². The molecule has 1 aromatic heterocycles.